The number of thiophene rings is 1. The van der Waals surface area contributed by atoms with Gasteiger partial charge in [0.1, 0.15) is 5.75 Å². The van der Waals surface area contributed by atoms with Crippen molar-refractivity contribution >= 4 is 28.1 Å². The molecule has 0 radical (unpaired) electrons. The highest BCUT2D eigenvalue weighted by Crippen LogP contribution is 2.19. The van der Waals surface area contributed by atoms with Crippen LogP contribution in [0.1, 0.15) is 22.2 Å². The van der Waals surface area contributed by atoms with Crippen molar-refractivity contribution in [2.24, 2.45) is 0 Å². The Morgan fingerprint density at radius 2 is 2.12 bits per heavy atom. The van der Waals surface area contributed by atoms with E-state index >= 15 is 0 Å². The topological polar surface area (TPSA) is 62.4 Å². The first-order valence-electron chi connectivity index (χ1n) is 7.65. The fourth-order valence-electron chi connectivity index (χ4n) is 2.56. The van der Waals surface area contributed by atoms with Crippen molar-refractivity contribution in [1.82, 2.24) is 9.88 Å². The third-order valence-corrected chi connectivity index (χ3v) is 4.75. The molecule has 0 fully saturated rings. The molecule has 3 aromatic rings. The average molecular weight is 342 g/mol. The van der Waals surface area contributed by atoms with E-state index in [0.717, 1.165) is 10.9 Å². The number of methoxy groups -OCH3 is 1. The smallest absolute Gasteiger partial charge is 0.264 e. The van der Waals surface area contributed by atoms with E-state index in [2.05, 4.69) is 4.98 Å². The molecule has 0 spiro atoms. The zero-order chi connectivity index (χ0) is 17.1. The summed E-state index contributed by atoms with van der Waals surface area (Å²) < 4.78 is 5.17. The van der Waals surface area contributed by atoms with E-state index in [9.17, 15) is 9.59 Å². The second-order valence-electron chi connectivity index (χ2n) is 5.37. The van der Waals surface area contributed by atoms with Gasteiger partial charge in [-0.2, -0.15) is 0 Å². The number of carbonyl (C=O) groups excluding carboxylic acids is 1. The molecule has 2 aromatic heterocycles. The van der Waals surface area contributed by atoms with E-state index in [4.69, 9.17) is 4.74 Å². The molecule has 0 aliphatic carbocycles. The molecular weight excluding hydrogens is 324 g/mol. The van der Waals surface area contributed by atoms with Crippen LogP contribution < -0.4 is 10.3 Å². The lowest BCUT2D eigenvalue weighted by molar-refractivity contribution is 0.0757. The molecule has 0 aliphatic heterocycles. The lowest BCUT2D eigenvalue weighted by Gasteiger charge is -2.20. The first kappa shape index (κ1) is 16.3. The number of aromatic nitrogens is 1. The zero-order valence-corrected chi connectivity index (χ0v) is 14.4. The minimum Gasteiger partial charge on any atom is -0.497 e. The molecule has 3 rings (SSSR count). The van der Waals surface area contributed by atoms with Gasteiger partial charge in [0.05, 0.1) is 24.0 Å². The normalized spacial score (nSPS) is 10.8. The van der Waals surface area contributed by atoms with E-state index in [0.29, 0.717) is 22.7 Å². The van der Waals surface area contributed by atoms with Gasteiger partial charge in [-0.15, -0.1) is 11.3 Å². The highest BCUT2D eigenvalue weighted by atomic mass is 32.1. The molecule has 0 saturated carbocycles. The number of rotatable bonds is 5. The number of fused-ring (bicyclic) bond motifs is 1. The summed E-state index contributed by atoms with van der Waals surface area (Å²) in [6, 6.07) is 11.0. The molecule has 1 N–H and O–H groups in total. The van der Waals surface area contributed by atoms with Gasteiger partial charge in [0, 0.05) is 18.2 Å². The second kappa shape index (κ2) is 6.88. The van der Waals surface area contributed by atoms with Crippen LogP contribution in [0, 0.1) is 0 Å². The predicted molar refractivity (Wildman–Crippen MR) is 95.9 cm³/mol. The molecule has 0 unspecified atom stereocenters. The SMILES string of the molecule is CCN(Cc1cc2ccc(OC)cc2[nH]c1=O)C(=O)c1cccs1. The first-order valence-corrected chi connectivity index (χ1v) is 8.53. The van der Waals surface area contributed by atoms with Crippen molar-refractivity contribution in [2.75, 3.05) is 13.7 Å². The summed E-state index contributed by atoms with van der Waals surface area (Å²) in [4.78, 5) is 30.1. The maximum atomic E-state index is 12.5. The lowest BCUT2D eigenvalue weighted by atomic mass is 10.1. The molecule has 1 amide bonds. The number of carbonyl (C=O) groups is 1. The summed E-state index contributed by atoms with van der Waals surface area (Å²) in [6.45, 7) is 2.73. The van der Waals surface area contributed by atoms with E-state index in [1.807, 2.05) is 36.6 Å². The standard InChI is InChI=1S/C18H18N2O3S/c1-3-20(18(22)16-5-4-8-24-16)11-13-9-12-6-7-14(23-2)10-15(12)19-17(13)21/h4-10H,3,11H2,1-2H3,(H,19,21). The second-order valence-corrected chi connectivity index (χ2v) is 6.32. The first-order chi connectivity index (χ1) is 11.6. The Kier molecular flexibility index (Phi) is 4.66. The summed E-state index contributed by atoms with van der Waals surface area (Å²) in [6.07, 6.45) is 0. The van der Waals surface area contributed by atoms with E-state index < -0.39 is 0 Å². The highest BCUT2D eigenvalue weighted by molar-refractivity contribution is 7.12. The minimum absolute atomic E-state index is 0.0540. The van der Waals surface area contributed by atoms with Crippen molar-refractivity contribution in [3.63, 3.8) is 0 Å². The van der Waals surface area contributed by atoms with Gasteiger partial charge in [0.25, 0.3) is 11.5 Å². The molecule has 6 heteroatoms. The van der Waals surface area contributed by atoms with Crippen LogP contribution in [0.4, 0.5) is 0 Å². The zero-order valence-electron chi connectivity index (χ0n) is 13.5. The van der Waals surface area contributed by atoms with Gasteiger partial charge >= 0.3 is 0 Å². The molecule has 0 aliphatic rings. The van der Waals surface area contributed by atoms with Crippen molar-refractivity contribution in [1.29, 1.82) is 0 Å². The molecule has 124 valence electrons. The van der Waals surface area contributed by atoms with Crippen LogP contribution in [0.5, 0.6) is 5.75 Å². The van der Waals surface area contributed by atoms with Crippen LogP contribution in [-0.4, -0.2) is 29.4 Å². The number of hydrogen-bond donors (Lipinski definition) is 1. The third kappa shape index (κ3) is 3.19. The largest absolute Gasteiger partial charge is 0.497 e. The average Bonchev–Trinajstić information content (AvgIpc) is 3.13. The molecule has 5 nitrogen and oxygen atoms in total. The molecule has 0 saturated heterocycles. The van der Waals surface area contributed by atoms with Gasteiger partial charge in [0.15, 0.2) is 0 Å². The Balaban J connectivity index is 1.92. The van der Waals surface area contributed by atoms with Crippen LogP contribution in [0.3, 0.4) is 0 Å². The van der Waals surface area contributed by atoms with E-state index in [1.165, 1.54) is 11.3 Å². The predicted octanol–water partition coefficient (Wildman–Crippen LogP) is 3.26. The fourth-order valence-corrected chi connectivity index (χ4v) is 3.25. The Hall–Kier alpha value is -2.60. The summed E-state index contributed by atoms with van der Waals surface area (Å²) in [5.74, 6) is 0.635. The van der Waals surface area contributed by atoms with Crippen LogP contribution >= 0.6 is 11.3 Å². The number of hydrogen-bond acceptors (Lipinski definition) is 4. The maximum Gasteiger partial charge on any atom is 0.264 e. The Bertz CT molecular complexity index is 916. The lowest BCUT2D eigenvalue weighted by Crippen LogP contribution is -2.32. The van der Waals surface area contributed by atoms with Crippen molar-refractivity contribution in [3.8, 4) is 5.75 Å². The number of amides is 1. The Morgan fingerprint density at radius 3 is 2.79 bits per heavy atom. The quantitative estimate of drug-likeness (QED) is 0.774. The molecule has 2 heterocycles. The molecule has 24 heavy (non-hydrogen) atoms. The number of nitrogens with one attached hydrogen (secondary N) is 1. The fraction of sp³-hybridized carbons (Fsp3) is 0.222. The monoisotopic (exact) mass is 342 g/mol. The number of aromatic amines is 1. The number of nitrogens with zero attached hydrogens (tertiary/aromatic N) is 1. The van der Waals surface area contributed by atoms with Gasteiger partial charge in [-0.25, -0.2) is 0 Å². The van der Waals surface area contributed by atoms with Crippen molar-refractivity contribution < 1.29 is 9.53 Å². The van der Waals surface area contributed by atoms with Crippen LogP contribution in [0.2, 0.25) is 0 Å². The Labute approximate surface area is 143 Å². The van der Waals surface area contributed by atoms with Gasteiger partial charge in [-0.3, -0.25) is 9.59 Å². The molecular formula is C18H18N2O3S. The Morgan fingerprint density at radius 1 is 1.29 bits per heavy atom. The molecule has 0 atom stereocenters. The van der Waals surface area contributed by atoms with Crippen molar-refractivity contribution in [2.45, 2.75) is 13.5 Å². The summed E-state index contributed by atoms with van der Waals surface area (Å²) in [7, 11) is 1.59. The number of ether oxygens (including phenoxy) is 1. The number of H-pyrrole nitrogens is 1. The van der Waals surface area contributed by atoms with Crippen molar-refractivity contribution in [3.05, 3.63) is 62.6 Å². The highest BCUT2D eigenvalue weighted by Gasteiger charge is 2.17. The molecule has 1 aromatic carbocycles. The van der Waals surface area contributed by atoms with Crippen LogP contribution in [0.25, 0.3) is 10.9 Å². The third-order valence-electron chi connectivity index (χ3n) is 3.89. The van der Waals surface area contributed by atoms with E-state index in [-0.39, 0.29) is 18.0 Å². The number of benzene rings is 1. The van der Waals surface area contributed by atoms with Gasteiger partial charge in [-0.1, -0.05) is 6.07 Å². The summed E-state index contributed by atoms with van der Waals surface area (Å²) in [5.41, 5.74) is 1.10. The maximum absolute atomic E-state index is 12.5. The number of pyridine rings is 1. The molecule has 0 bridgehead atoms. The summed E-state index contributed by atoms with van der Waals surface area (Å²) in [5, 5.41) is 2.78. The van der Waals surface area contributed by atoms with Crippen LogP contribution in [0.15, 0.2) is 46.6 Å². The summed E-state index contributed by atoms with van der Waals surface area (Å²) >= 11 is 1.41. The van der Waals surface area contributed by atoms with Gasteiger partial charge in [-0.05, 0) is 42.0 Å². The van der Waals surface area contributed by atoms with Gasteiger partial charge < -0.3 is 14.6 Å². The van der Waals surface area contributed by atoms with Gasteiger partial charge in [0.2, 0.25) is 0 Å². The minimum atomic E-state index is -0.187. The van der Waals surface area contributed by atoms with Crippen LogP contribution in [-0.2, 0) is 6.54 Å². The van der Waals surface area contributed by atoms with E-state index in [1.54, 1.807) is 24.1 Å².